The van der Waals surface area contributed by atoms with Gasteiger partial charge in [0, 0.05) is 38.2 Å². The van der Waals surface area contributed by atoms with Gasteiger partial charge in [0.05, 0.1) is 0 Å². The molecule has 0 saturated heterocycles. The molecule has 0 spiro atoms. The molecule has 230 valence electrons. The highest BCUT2D eigenvalue weighted by molar-refractivity contribution is 8.13. The Morgan fingerprint density at radius 3 is 1.79 bits per heavy atom. The highest BCUT2D eigenvalue weighted by Crippen LogP contribution is 2.18. The van der Waals surface area contributed by atoms with Crippen molar-refractivity contribution in [3.05, 3.63) is 0 Å². The maximum atomic E-state index is 12.8. The lowest BCUT2D eigenvalue weighted by Crippen LogP contribution is -2.30. The van der Waals surface area contributed by atoms with Crippen molar-refractivity contribution in [3.63, 3.8) is 0 Å². The van der Waals surface area contributed by atoms with E-state index in [2.05, 4.69) is 18.7 Å². The van der Waals surface area contributed by atoms with Gasteiger partial charge in [0.15, 0.2) is 0 Å². The van der Waals surface area contributed by atoms with Crippen LogP contribution in [-0.2, 0) is 14.3 Å². The number of carbonyl (C=O) groups excluding carboxylic acids is 3. The van der Waals surface area contributed by atoms with E-state index < -0.39 is 0 Å². The number of hydrogen-bond donors (Lipinski definition) is 0. The van der Waals surface area contributed by atoms with Crippen molar-refractivity contribution in [1.29, 1.82) is 0 Å². The van der Waals surface area contributed by atoms with E-state index in [4.69, 9.17) is 4.74 Å². The van der Waals surface area contributed by atoms with Crippen LogP contribution in [-0.4, -0.2) is 72.9 Å². The van der Waals surface area contributed by atoms with Crippen molar-refractivity contribution in [2.24, 2.45) is 0 Å². The van der Waals surface area contributed by atoms with E-state index in [9.17, 15) is 14.4 Å². The summed E-state index contributed by atoms with van der Waals surface area (Å²) >= 11 is 1.42. The number of ether oxygens (including phenoxy) is 1. The van der Waals surface area contributed by atoms with Gasteiger partial charge in [0.25, 0.3) is 5.24 Å². The van der Waals surface area contributed by atoms with Crippen molar-refractivity contribution < 1.29 is 19.1 Å². The van der Waals surface area contributed by atoms with Crippen LogP contribution in [0, 0.1) is 0 Å². The van der Waals surface area contributed by atoms with Crippen LogP contribution < -0.4 is 0 Å². The lowest BCUT2D eigenvalue weighted by Gasteiger charge is -2.22. The number of carbonyl (C=O) groups is 3. The minimum absolute atomic E-state index is 0.0327. The van der Waals surface area contributed by atoms with Gasteiger partial charge in [-0.3, -0.25) is 9.59 Å². The zero-order valence-electron chi connectivity index (χ0n) is 26.1. The normalized spacial score (nSPS) is 11.3. The molecule has 0 heterocycles. The molecule has 0 aromatic rings. The molecular formula is C32H62N2O4S. The maximum absolute atomic E-state index is 12.8. The predicted octanol–water partition coefficient (Wildman–Crippen LogP) is 8.66. The minimum atomic E-state index is -0.0327. The average molecular weight is 571 g/mol. The molecule has 0 aromatic heterocycles. The average Bonchev–Trinajstić information content (AvgIpc) is 2.91. The fraction of sp³-hybridized carbons (Fsp3) is 0.906. The smallest absolute Gasteiger partial charge is 0.306 e. The molecule has 0 radical (unpaired) electrons. The summed E-state index contributed by atoms with van der Waals surface area (Å²) in [6.07, 6.45) is 21.8. The first-order valence-corrected chi connectivity index (χ1v) is 17.1. The molecule has 0 rings (SSSR count). The fourth-order valence-corrected chi connectivity index (χ4v) is 5.61. The second kappa shape index (κ2) is 28.4. The van der Waals surface area contributed by atoms with Crippen LogP contribution in [0.3, 0.4) is 0 Å². The summed E-state index contributed by atoms with van der Waals surface area (Å²) in [5.74, 6) is 0.775. The molecule has 0 N–H and O–H groups in total. The molecule has 0 atom stereocenters. The largest absolute Gasteiger partial charge is 0.462 e. The number of amides is 1. The van der Waals surface area contributed by atoms with Crippen LogP contribution in [0.2, 0.25) is 0 Å². The fourth-order valence-electron chi connectivity index (χ4n) is 4.62. The Morgan fingerprint density at radius 2 is 1.26 bits per heavy atom. The Balaban J connectivity index is 4.34. The van der Waals surface area contributed by atoms with Crippen LogP contribution in [0.5, 0.6) is 0 Å². The number of rotatable bonds is 28. The van der Waals surface area contributed by atoms with Crippen molar-refractivity contribution >= 4 is 29.3 Å². The molecule has 0 aliphatic rings. The SMILES string of the molecule is CCCCCCC(CCCCCC)OC(=O)CCCCCCN(CCCCCCC=O)C(=O)SCCN(C)C. The zero-order chi connectivity index (χ0) is 29.0. The third kappa shape index (κ3) is 25.6. The molecule has 1 amide bonds. The molecule has 0 aliphatic heterocycles. The van der Waals surface area contributed by atoms with Gasteiger partial charge < -0.3 is 19.3 Å². The zero-order valence-corrected chi connectivity index (χ0v) is 26.9. The van der Waals surface area contributed by atoms with Crippen LogP contribution >= 0.6 is 11.8 Å². The molecule has 0 fully saturated rings. The second-order valence-electron chi connectivity index (χ2n) is 11.2. The summed E-state index contributed by atoms with van der Waals surface area (Å²) in [5.41, 5.74) is 0. The lowest BCUT2D eigenvalue weighted by atomic mass is 10.0. The van der Waals surface area contributed by atoms with E-state index in [0.717, 1.165) is 109 Å². The Kier molecular flexibility index (Phi) is 27.7. The van der Waals surface area contributed by atoms with Gasteiger partial charge in [0.1, 0.15) is 12.4 Å². The predicted molar refractivity (Wildman–Crippen MR) is 168 cm³/mol. The number of thioether (sulfide) groups is 1. The number of nitrogens with zero attached hydrogens (tertiary/aromatic N) is 2. The third-order valence-corrected chi connectivity index (χ3v) is 8.03. The highest BCUT2D eigenvalue weighted by Gasteiger charge is 2.15. The third-order valence-electron chi connectivity index (χ3n) is 7.14. The summed E-state index contributed by atoms with van der Waals surface area (Å²) in [6, 6.07) is 0. The molecule has 0 aromatic carbocycles. The summed E-state index contributed by atoms with van der Waals surface area (Å²) in [6.45, 7) is 6.92. The Morgan fingerprint density at radius 1 is 0.718 bits per heavy atom. The Labute approximate surface area is 245 Å². The van der Waals surface area contributed by atoms with E-state index in [1.54, 1.807) is 0 Å². The van der Waals surface area contributed by atoms with Gasteiger partial charge >= 0.3 is 5.97 Å². The monoisotopic (exact) mass is 570 g/mol. The lowest BCUT2D eigenvalue weighted by molar-refractivity contribution is -0.150. The first-order chi connectivity index (χ1) is 18.9. The van der Waals surface area contributed by atoms with Gasteiger partial charge in [-0.15, -0.1) is 0 Å². The second-order valence-corrected chi connectivity index (χ2v) is 12.3. The molecule has 39 heavy (non-hydrogen) atoms. The van der Waals surface area contributed by atoms with E-state index in [1.807, 2.05) is 19.0 Å². The summed E-state index contributed by atoms with van der Waals surface area (Å²) < 4.78 is 5.90. The van der Waals surface area contributed by atoms with E-state index >= 15 is 0 Å². The van der Waals surface area contributed by atoms with Gasteiger partial charge in [-0.2, -0.15) is 0 Å². The first kappa shape index (κ1) is 37.9. The van der Waals surface area contributed by atoms with Crippen molar-refractivity contribution in [2.45, 2.75) is 148 Å². The Bertz CT molecular complexity index is 577. The molecule has 7 heteroatoms. The molecule has 0 bridgehead atoms. The minimum Gasteiger partial charge on any atom is -0.462 e. The summed E-state index contributed by atoms with van der Waals surface area (Å²) in [7, 11) is 4.05. The van der Waals surface area contributed by atoms with Crippen LogP contribution in [0.1, 0.15) is 142 Å². The van der Waals surface area contributed by atoms with E-state index in [-0.39, 0.29) is 17.3 Å². The molecule has 6 nitrogen and oxygen atoms in total. The molecule has 0 saturated carbocycles. The van der Waals surface area contributed by atoms with E-state index in [1.165, 1.54) is 50.3 Å². The molecule has 0 aliphatic carbocycles. The number of esters is 1. The highest BCUT2D eigenvalue weighted by atomic mass is 32.2. The van der Waals surface area contributed by atoms with Crippen molar-refractivity contribution in [3.8, 4) is 0 Å². The number of aldehydes is 1. The molecule has 0 unspecified atom stereocenters. The van der Waals surface area contributed by atoms with Gasteiger partial charge in [-0.1, -0.05) is 89.8 Å². The van der Waals surface area contributed by atoms with Crippen LogP contribution in [0.15, 0.2) is 0 Å². The summed E-state index contributed by atoms with van der Waals surface area (Å²) in [5, 5.41) is 0.178. The topological polar surface area (TPSA) is 66.9 Å². The number of unbranched alkanes of at least 4 members (excludes halogenated alkanes) is 13. The van der Waals surface area contributed by atoms with Gasteiger partial charge in [0.2, 0.25) is 0 Å². The quantitative estimate of drug-likeness (QED) is 0.0533. The standard InChI is InChI=1S/C32H62N2O4S/c1-5-7-9-16-22-30(23-17-10-8-6-2)38-31(36)24-18-12-14-20-26-34(25-19-13-11-15-21-28-35)32(37)39-29-27-33(3)4/h28,30H,5-27,29H2,1-4H3. The van der Waals surface area contributed by atoms with Crippen LogP contribution in [0.4, 0.5) is 4.79 Å². The van der Waals surface area contributed by atoms with E-state index in [0.29, 0.717) is 12.8 Å². The number of hydrogen-bond acceptors (Lipinski definition) is 6. The van der Waals surface area contributed by atoms with Gasteiger partial charge in [-0.05, 0) is 65.5 Å². The van der Waals surface area contributed by atoms with Crippen molar-refractivity contribution in [1.82, 2.24) is 9.80 Å². The first-order valence-electron chi connectivity index (χ1n) is 16.1. The summed E-state index contributed by atoms with van der Waals surface area (Å²) in [4.78, 5) is 39.9. The Hall–Kier alpha value is -1.08. The van der Waals surface area contributed by atoms with Crippen molar-refractivity contribution in [2.75, 3.05) is 39.5 Å². The molecular weight excluding hydrogens is 508 g/mol. The maximum Gasteiger partial charge on any atom is 0.306 e. The van der Waals surface area contributed by atoms with Gasteiger partial charge in [-0.25, -0.2) is 0 Å². The van der Waals surface area contributed by atoms with Crippen LogP contribution in [0.25, 0.3) is 0 Å².